The molecule has 0 fully saturated rings. The van der Waals surface area contributed by atoms with E-state index in [-0.39, 0.29) is 23.7 Å². The van der Waals surface area contributed by atoms with E-state index >= 15 is 0 Å². The second-order valence-corrected chi connectivity index (χ2v) is 8.60. The highest BCUT2D eigenvalue weighted by Gasteiger charge is 2.42. The van der Waals surface area contributed by atoms with Crippen molar-refractivity contribution in [3.8, 4) is 0 Å². The molecule has 0 aliphatic carbocycles. The SMILES string of the molecule is Cc1ccc(CNC(=O)C2c3ccccc3C(=O)NC2c2cc(C(F)(F)F)cc(C(F)(F)F)c2)n1C. The fourth-order valence-corrected chi connectivity index (χ4v) is 4.32. The zero-order chi connectivity index (χ0) is 26.4. The molecule has 0 radical (unpaired) electrons. The third-order valence-corrected chi connectivity index (χ3v) is 6.33. The van der Waals surface area contributed by atoms with Gasteiger partial charge in [0.25, 0.3) is 5.91 Å². The molecule has 0 bridgehead atoms. The molecular weight excluding hydrogens is 488 g/mol. The molecule has 0 saturated carbocycles. The first-order valence-corrected chi connectivity index (χ1v) is 10.9. The van der Waals surface area contributed by atoms with Crippen LogP contribution >= 0.6 is 0 Å². The molecule has 11 heteroatoms. The van der Waals surface area contributed by atoms with Gasteiger partial charge in [0.2, 0.25) is 5.91 Å². The number of nitrogens with one attached hydrogen (secondary N) is 2. The molecule has 1 aliphatic rings. The maximum Gasteiger partial charge on any atom is 0.416 e. The predicted molar refractivity (Wildman–Crippen MR) is 118 cm³/mol. The molecule has 2 atom stereocenters. The van der Waals surface area contributed by atoms with E-state index in [4.69, 9.17) is 0 Å². The van der Waals surface area contributed by atoms with Gasteiger partial charge in [-0.3, -0.25) is 9.59 Å². The van der Waals surface area contributed by atoms with Gasteiger partial charge in [0.05, 0.1) is 29.6 Å². The summed E-state index contributed by atoms with van der Waals surface area (Å²) in [5.41, 5.74) is -1.54. The molecule has 36 heavy (non-hydrogen) atoms. The highest BCUT2D eigenvalue weighted by atomic mass is 19.4. The van der Waals surface area contributed by atoms with Gasteiger partial charge in [-0.05, 0) is 54.4 Å². The van der Waals surface area contributed by atoms with Crippen LogP contribution in [0.25, 0.3) is 0 Å². The molecule has 2 heterocycles. The van der Waals surface area contributed by atoms with Crippen LogP contribution in [0.1, 0.15) is 56.0 Å². The predicted octanol–water partition coefficient (Wildman–Crippen LogP) is 5.26. The fourth-order valence-electron chi connectivity index (χ4n) is 4.32. The second kappa shape index (κ2) is 9.03. The van der Waals surface area contributed by atoms with Gasteiger partial charge in [0, 0.05) is 24.0 Å². The molecule has 3 aromatic rings. The lowest BCUT2D eigenvalue weighted by molar-refractivity contribution is -0.143. The molecule has 190 valence electrons. The minimum atomic E-state index is -5.07. The molecule has 2 N–H and O–H groups in total. The number of aryl methyl sites for hydroxylation is 1. The first-order valence-electron chi connectivity index (χ1n) is 10.9. The number of hydrogen-bond acceptors (Lipinski definition) is 2. The van der Waals surface area contributed by atoms with Crippen LogP contribution in [0.3, 0.4) is 0 Å². The standard InChI is InChI=1S/C25H21F6N3O2/c1-13-7-8-17(34(13)2)12-32-23(36)20-18-5-3-4-6-19(18)22(35)33-21(20)14-9-15(24(26,27)28)11-16(10-14)25(29,30)31/h3-11,20-21H,12H2,1-2H3,(H,32,36)(H,33,35). The normalized spacial score (nSPS) is 17.9. The van der Waals surface area contributed by atoms with Gasteiger partial charge in [0.1, 0.15) is 0 Å². The topological polar surface area (TPSA) is 63.1 Å². The van der Waals surface area contributed by atoms with Crippen molar-refractivity contribution in [3.05, 3.63) is 93.8 Å². The van der Waals surface area contributed by atoms with Gasteiger partial charge < -0.3 is 15.2 Å². The van der Waals surface area contributed by atoms with E-state index in [9.17, 15) is 35.9 Å². The molecule has 2 unspecified atom stereocenters. The minimum absolute atomic E-state index is 0.00884. The van der Waals surface area contributed by atoms with Gasteiger partial charge in [-0.2, -0.15) is 26.3 Å². The van der Waals surface area contributed by atoms with Crippen molar-refractivity contribution in [1.29, 1.82) is 0 Å². The number of carbonyl (C=O) groups excluding carboxylic acids is 2. The molecule has 1 aromatic heterocycles. The first-order chi connectivity index (χ1) is 16.8. The number of amides is 2. The number of nitrogens with zero attached hydrogens (tertiary/aromatic N) is 1. The van der Waals surface area contributed by atoms with Gasteiger partial charge >= 0.3 is 12.4 Å². The van der Waals surface area contributed by atoms with E-state index < -0.39 is 52.8 Å². The highest BCUT2D eigenvalue weighted by molar-refractivity contribution is 6.01. The third kappa shape index (κ3) is 4.82. The zero-order valence-electron chi connectivity index (χ0n) is 19.1. The fraction of sp³-hybridized carbons (Fsp3) is 0.280. The number of benzene rings is 2. The molecule has 4 rings (SSSR count). The van der Waals surface area contributed by atoms with Crippen molar-refractivity contribution < 1.29 is 35.9 Å². The number of fused-ring (bicyclic) bond motifs is 1. The van der Waals surface area contributed by atoms with Crippen LogP contribution in [0.2, 0.25) is 0 Å². The van der Waals surface area contributed by atoms with Crippen molar-refractivity contribution in [2.45, 2.75) is 37.8 Å². The molecule has 0 spiro atoms. The maximum absolute atomic E-state index is 13.5. The van der Waals surface area contributed by atoms with Crippen molar-refractivity contribution in [1.82, 2.24) is 15.2 Å². The lowest BCUT2D eigenvalue weighted by atomic mass is 9.80. The molecule has 2 aromatic carbocycles. The van der Waals surface area contributed by atoms with Crippen LogP contribution in [0.5, 0.6) is 0 Å². The lowest BCUT2D eigenvalue weighted by Gasteiger charge is -2.34. The van der Waals surface area contributed by atoms with Crippen LogP contribution in [0, 0.1) is 6.92 Å². The van der Waals surface area contributed by atoms with E-state index in [1.54, 1.807) is 25.2 Å². The average molecular weight is 509 g/mol. The molecular formula is C25H21F6N3O2. The Balaban J connectivity index is 1.80. The van der Waals surface area contributed by atoms with Crippen LogP contribution in [0.4, 0.5) is 26.3 Å². The van der Waals surface area contributed by atoms with Crippen LogP contribution in [0.15, 0.2) is 54.6 Å². The Labute approximate surface area is 202 Å². The quantitative estimate of drug-likeness (QED) is 0.472. The summed E-state index contributed by atoms with van der Waals surface area (Å²) >= 11 is 0. The Morgan fingerprint density at radius 3 is 2.14 bits per heavy atom. The summed E-state index contributed by atoms with van der Waals surface area (Å²) in [6.07, 6.45) is -10.1. The third-order valence-electron chi connectivity index (χ3n) is 6.33. The Morgan fingerprint density at radius 1 is 0.972 bits per heavy atom. The van der Waals surface area contributed by atoms with Crippen LogP contribution in [-0.2, 0) is 30.7 Å². The Kier molecular flexibility index (Phi) is 6.36. The van der Waals surface area contributed by atoms with Gasteiger partial charge in [-0.25, -0.2) is 0 Å². The summed E-state index contributed by atoms with van der Waals surface area (Å²) in [5, 5.41) is 5.16. The van der Waals surface area contributed by atoms with E-state index in [0.29, 0.717) is 12.1 Å². The smallest absolute Gasteiger partial charge is 0.350 e. The van der Waals surface area contributed by atoms with Gasteiger partial charge in [0.15, 0.2) is 0 Å². The van der Waals surface area contributed by atoms with Crippen LogP contribution < -0.4 is 10.6 Å². The number of aromatic nitrogens is 1. The highest BCUT2D eigenvalue weighted by Crippen LogP contribution is 2.42. The second-order valence-electron chi connectivity index (χ2n) is 8.60. The summed E-state index contributed by atoms with van der Waals surface area (Å²) in [6, 6.07) is 9.23. The lowest BCUT2D eigenvalue weighted by Crippen LogP contribution is -2.44. The molecule has 2 amide bonds. The van der Waals surface area contributed by atoms with E-state index in [2.05, 4.69) is 10.6 Å². The summed E-state index contributed by atoms with van der Waals surface area (Å²) in [7, 11) is 1.79. The molecule has 5 nitrogen and oxygen atoms in total. The summed E-state index contributed by atoms with van der Waals surface area (Å²) in [4.78, 5) is 26.1. The largest absolute Gasteiger partial charge is 0.416 e. The molecule has 1 aliphatic heterocycles. The van der Waals surface area contributed by atoms with E-state index in [1.165, 1.54) is 12.1 Å². The molecule has 0 saturated heterocycles. The summed E-state index contributed by atoms with van der Waals surface area (Å²) < 4.78 is 82.7. The van der Waals surface area contributed by atoms with Crippen molar-refractivity contribution in [3.63, 3.8) is 0 Å². The number of halogens is 6. The Hall–Kier alpha value is -3.76. The number of alkyl halides is 6. The minimum Gasteiger partial charge on any atom is -0.350 e. The van der Waals surface area contributed by atoms with Gasteiger partial charge in [-0.1, -0.05) is 18.2 Å². The summed E-state index contributed by atoms with van der Waals surface area (Å²) in [6.45, 7) is 1.93. The number of hydrogen-bond donors (Lipinski definition) is 2. The zero-order valence-corrected chi connectivity index (χ0v) is 19.1. The van der Waals surface area contributed by atoms with E-state index in [0.717, 1.165) is 11.4 Å². The van der Waals surface area contributed by atoms with E-state index in [1.807, 2.05) is 17.6 Å². The first kappa shape index (κ1) is 25.3. The van der Waals surface area contributed by atoms with Crippen LogP contribution in [-0.4, -0.2) is 16.4 Å². The van der Waals surface area contributed by atoms with Gasteiger partial charge in [-0.15, -0.1) is 0 Å². The van der Waals surface area contributed by atoms with Crippen molar-refractivity contribution in [2.75, 3.05) is 0 Å². The summed E-state index contributed by atoms with van der Waals surface area (Å²) in [5.74, 6) is -2.63. The Bertz CT molecular complexity index is 1290. The van der Waals surface area contributed by atoms with Crippen molar-refractivity contribution >= 4 is 11.8 Å². The monoisotopic (exact) mass is 509 g/mol. The maximum atomic E-state index is 13.5. The number of rotatable bonds is 4. The van der Waals surface area contributed by atoms with Crippen molar-refractivity contribution in [2.24, 2.45) is 7.05 Å². The Morgan fingerprint density at radius 2 is 1.58 bits per heavy atom. The number of carbonyl (C=O) groups is 2. The average Bonchev–Trinajstić information content (AvgIpc) is 3.13.